The summed E-state index contributed by atoms with van der Waals surface area (Å²) in [5, 5.41) is 8.63. The van der Waals surface area contributed by atoms with Gasteiger partial charge in [-0.15, -0.1) is 5.10 Å². The summed E-state index contributed by atoms with van der Waals surface area (Å²) in [5.74, 6) is 1.07. The largest absolute Gasteiger partial charge is 0.494 e. The fraction of sp³-hybridized carbons (Fsp3) is 0.484. The first-order valence-corrected chi connectivity index (χ1v) is 14.2. The van der Waals surface area contributed by atoms with E-state index in [-0.39, 0.29) is 17.7 Å². The van der Waals surface area contributed by atoms with Gasteiger partial charge in [0.15, 0.2) is 5.69 Å². The van der Waals surface area contributed by atoms with Gasteiger partial charge in [0.2, 0.25) is 5.91 Å². The molecule has 2 heterocycles. The molecule has 0 spiro atoms. The first-order valence-electron chi connectivity index (χ1n) is 14.2. The molecule has 0 radical (unpaired) electrons. The lowest BCUT2D eigenvalue weighted by molar-refractivity contribution is -0.119. The molecule has 1 aliphatic rings. The number of hydrogen-bond acceptors (Lipinski definition) is 5. The summed E-state index contributed by atoms with van der Waals surface area (Å²) in [6.45, 7) is 10.3. The molecule has 4 rings (SSSR count). The number of rotatable bonds is 6. The summed E-state index contributed by atoms with van der Waals surface area (Å²) < 4.78 is 7.24. The maximum Gasteiger partial charge on any atom is 0.276 e. The molecule has 0 N–H and O–H groups in total. The van der Waals surface area contributed by atoms with Crippen molar-refractivity contribution in [1.29, 1.82) is 0 Å². The summed E-state index contributed by atoms with van der Waals surface area (Å²) in [5.41, 5.74) is 3.73. The molecule has 8 nitrogen and oxygen atoms in total. The maximum atomic E-state index is 13.9. The summed E-state index contributed by atoms with van der Waals surface area (Å²) in [6, 6.07) is 15.6. The predicted molar refractivity (Wildman–Crippen MR) is 153 cm³/mol. The average Bonchev–Trinajstić information content (AvgIpc) is 3.30. The number of benzene rings is 2. The number of carbonyl (C=O) groups is 2. The van der Waals surface area contributed by atoms with E-state index in [9.17, 15) is 9.59 Å². The SMILES string of the molecule is CCOc1ccc(-n2nnc(C(=O)N3CCCCCCCN(C(=O)CC(C)C)c4ccccc4C3)c2C)cc1. The number of ether oxygens (including phenoxy) is 1. The molecule has 0 aliphatic carbocycles. The molecule has 0 saturated carbocycles. The minimum atomic E-state index is -0.142. The summed E-state index contributed by atoms with van der Waals surface area (Å²) >= 11 is 0. The van der Waals surface area contributed by atoms with Crippen molar-refractivity contribution in [2.24, 2.45) is 5.92 Å². The van der Waals surface area contributed by atoms with E-state index in [1.54, 1.807) is 4.68 Å². The number of aromatic nitrogens is 3. The Kier molecular flexibility index (Phi) is 9.74. The van der Waals surface area contributed by atoms with Crippen LogP contribution in [0, 0.1) is 12.8 Å². The van der Waals surface area contributed by atoms with Crippen molar-refractivity contribution in [3.8, 4) is 11.4 Å². The molecule has 0 fully saturated rings. The van der Waals surface area contributed by atoms with Crippen LogP contribution in [0.2, 0.25) is 0 Å². The number of hydrogen-bond donors (Lipinski definition) is 0. The number of nitrogens with zero attached hydrogens (tertiary/aromatic N) is 5. The highest BCUT2D eigenvalue weighted by Gasteiger charge is 2.26. The Balaban J connectivity index is 1.63. The van der Waals surface area contributed by atoms with Gasteiger partial charge in [0, 0.05) is 31.7 Å². The second kappa shape index (κ2) is 13.4. The second-order valence-electron chi connectivity index (χ2n) is 10.6. The number of para-hydroxylation sites is 1. The third-order valence-corrected chi connectivity index (χ3v) is 7.11. The fourth-order valence-electron chi connectivity index (χ4n) is 5.08. The van der Waals surface area contributed by atoms with Crippen molar-refractivity contribution in [2.75, 3.05) is 24.6 Å². The van der Waals surface area contributed by atoms with Crippen molar-refractivity contribution in [2.45, 2.75) is 72.8 Å². The Morgan fingerprint density at radius 2 is 1.64 bits per heavy atom. The molecule has 0 unspecified atom stereocenters. The van der Waals surface area contributed by atoms with E-state index in [0.717, 1.165) is 54.8 Å². The molecule has 2 amide bonds. The van der Waals surface area contributed by atoms with Crippen LogP contribution in [0.1, 0.15) is 81.0 Å². The van der Waals surface area contributed by atoms with Crippen LogP contribution in [0.3, 0.4) is 0 Å². The molecule has 0 saturated heterocycles. The Morgan fingerprint density at radius 3 is 2.36 bits per heavy atom. The van der Waals surface area contributed by atoms with Crippen molar-refractivity contribution in [3.05, 3.63) is 65.5 Å². The lowest BCUT2D eigenvalue weighted by Crippen LogP contribution is -2.36. The lowest BCUT2D eigenvalue weighted by Gasteiger charge is -2.29. The van der Waals surface area contributed by atoms with Crippen LogP contribution in [-0.2, 0) is 11.3 Å². The minimum absolute atomic E-state index is 0.140. The highest BCUT2D eigenvalue weighted by molar-refractivity contribution is 5.95. The predicted octanol–water partition coefficient (Wildman–Crippen LogP) is 5.96. The summed E-state index contributed by atoms with van der Waals surface area (Å²) in [7, 11) is 0. The van der Waals surface area contributed by atoms with Crippen LogP contribution in [0.15, 0.2) is 48.5 Å². The lowest BCUT2D eigenvalue weighted by atomic mass is 10.0. The molecule has 208 valence electrons. The molecule has 0 bridgehead atoms. The molecule has 1 aliphatic heterocycles. The first kappa shape index (κ1) is 28.3. The van der Waals surface area contributed by atoms with Crippen LogP contribution in [-0.4, -0.2) is 51.4 Å². The van der Waals surface area contributed by atoms with Gasteiger partial charge in [-0.2, -0.15) is 0 Å². The molecule has 2 aromatic carbocycles. The zero-order valence-corrected chi connectivity index (χ0v) is 23.7. The summed E-state index contributed by atoms with van der Waals surface area (Å²) in [4.78, 5) is 31.0. The number of amides is 2. The van der Waals surface area contributed by atoms with E-state index < -0.39 is 0 Å². The van der Waals surface area contributed by atoms with Gasteiger partial charge in [-0.05, 0) is 68.5 Å². The van der Waals surface area contributed by atoms with Gasteiger partial charge < -0.3 is 14.5 Å². The highest BCUT2D eigenvalue weighted by atomic mass is 16.5. The van der Waals surface area contributed by atoms with Gasteiger partial charge >= 0.3 is 0 Å². The molecular formula is C31H41N5O3. The van der Waals surface area contributed by atoms with Crippen LogP contribution in [0.5, 0.6) is 5.75 Å². The molecule has 1 aromatic heterocycles. The number of carbonyl (C=O) groups excluding carboxylic acids is 2. The number of fused-ring (bicyclic) bond motifs is 1. The van der Waals surface area contributed by atoms with Crippen LogP contribution >= 0.6 is 0 Å². The van der Waals surface area contributed by atoms with E-state index in [0.29, 0.717) is 44.0 Å². The smallest absolute Gasteiger partial charge is 0.276 e. The Morgan fingerprint density at radius 1 is 0.949 bits per heavy atom. The normalized spacial score (nSPS) is 14.9. The molecule has 39 heavy (non-hydrogen) atoms. The van der Waals surface area contributed by atoms with Gasteiger partial charge in [-0.25, -0.2) is 4.68 Å². The second-order valence-corrected chi connectivity index (χ2v) is 10.6. The highest BCUT2D eigenvalue weighted by Crippen LogP contribution is 2.27. The van der Waals surface area contributed by atoms with Crippen molar-refractivity contribution >= 4 is 17.5 Å². The van der Waals surface area contributed by atoms with E-state index in [4.69, 9.17) is 4.74 Å². The van der Waals surface area contributed by atoms with Gasteiger partial charge in [-0.3, -0.25) is 9.59 Å². The maximum absolute atomic E-state index is 13.9. The van der Waals surface area contributed by atoms with Gasteiger partial charge in [0.1, 0.15) is 5.75 Å². The van der Waals surface area contributed by atoms with Crippen molar-refractivity contribution in [3.63, 3.8) is 0 Å². The van der Waals surface area contributed by atoms with Crippen LogP contribution in [0.4, 0.5) is 5.69 Å². The molecule has 8 heteroatoms. The summed E-state index contributed by atoms with van der Waals surface area (Å²) in [6.07, 6.45) is 5.61. The molecular weight excluding hydrogens is 490 g/mol. The first-order chi connectivity index (χ1) is 18.9. The van der Waals surface area contributed by atoms with E-state index in [1.807, 2.05) is 72.2 Å². The van der Waals surface area contributed by atoms with Crippen molar-refractivity contribution in [1.82, 2.24) is 19.9 Å². The third kappa shape index (κ3) is 7.05. The van der Waals surface area contributed by atoms with Crippen molar-refractivity contribution < 1.29 is 14.3 Å². The molecule has 0 atom stereocenters. The Hall–Kier alpha value is -3.68. The number of anilines is 1. The molecule has 3 aromatic rings. The Bertz CT molecular complexity index is 1250. The zero-order chi connectivity index (χ0) is 27.8. The zero-order valence-electron chi connectivity index (χ0n) is 23.7. The fourth-order valence-corrected chi connectivity index (χ4v) is 5.08. The van der Waals surface area contributed by atoms with Gasteiger partial charge in [-0.1, -0.05) is 56.5 Å². The van der Waals surface area contributed by atoms with Crippen LogP contribution in [0.25, 0.3) is 5.69 Å². The monoisotopic (exact) mass is 531 g/mol. The Labute approximate surface area is 231 Å². The van der Waals surface area contributed by atoms with E-state index in [2.05, 4.69) is 24.2 Å². The van der Waals surface area contributed by atoms with E-state index in [1.165, 1.54) is 0 Å². The quantitative estimate of drug-likeness (QED) is 0.392. The topological polar surface area (TPSA) is 80.6 Å². The van der Waals surface area contributed by atoms with Gasteiger partial charge in [0.25, 0.3) is 5.91 Å². The minimum Gasteiger partial charge on any atom is -0.494 e. The van der Waals surface area contributed by atoms with Gasteiger partial charge in [0.05, 0.1) is 18.0 Å². The van der Waals surface area contributed by atoms with E-state index >= 15 is 0 Å². The van der Waals surface area contributed by atoms with Crippen LogP contribution < -0.4 is 9.64 Å². The average molecular weight is 532 g/mol. The standard InChI is InChI=1S/C31H41N5O3/c1-5-39-27-17-15-26(16-18-27)36-24(4)30(32-33-36)31(38)34-19-11-7-6-8-12-20-35(29(37)21-23(2)3)28-14-10-9-13-25(28)22-34/h9-10,13-18,23H,5-8,11-12,19-22H2,1-4H3. The third-order valence-electron chi connectivity index (χ3n) is 7.11.